The summed E-state index contributed by atoms with van der Waals surface area (Å²) < 4.78 is 30.9. The zero-order valence-electron chi connectivity index (χ0n) is 14.8. The molecule has 138 valence electrons. The van der Waals surface area contributed by atoms with E-state index in [2.05, 4.69) is 4.98 Å². The van der Waals surface area contributed by atoms with E-state index in [0.29, 0.717) is 11.3 Å². The van der Waals surface area contributed by atoms with Gasteiger partial charge >= 0.3 is 0 Å². The van der Waals surface area contributed by atoms with Crippen LogP contribution in [0.15, 0.2) is 48.5 Å². The van der Waals surface area contributed by atoms with Gasteiger partial charge in [-0.3, -0.25) is 0 Å². The van der Waals surface area contributed by atoms with E-state index in [1.807, 2.05) is 55.5 Å². The van der Waals surface area contributed by atoms with Crippen LogP contribution in [-0.2, 0) is 22.1 Å². The summed E-state index contributed by atoms with van der Waals surface area (Å²) >= 11 is 0. The maximum absolute atomic E-state index is 11.7. The Hall–Kier alpha value is -2.38. The number of aromatic nitrogens is 2. The lowest BCUT2D eigenvalue weighted by molar-refractivity contribution is 0.0925. The number of aliphatic hydroxyl groups is 1. The Morgan fingerprint density at radius 2 is 1.85 bits per heavy atom. The Morgan fingerprint density at radius 3 is 2.58 bits per heavy atom. The Bertz CT molecular complexity index is 1010. The SMILES string of the molecule is Cc1ccccc1OCC(O)Cn1c(CS(C)(=O)=O)nc2ccccc21. The third-order valence-corrected chi connectivity index (χ3v) is 4.83. The molecule has 1 atom stereocenters. The third kappa shape index (κ3) is 4.42. The second-order valence-corrected chi connectivity index (χ2v) is 8.57. The fourth-order valence-electron chi connectivity index (χ4n) is 2.84. The van der Waals surface area contributed by atoms with Gasteiger partial charge in [-0.05, 0) is 30.7 Å². The quantitative estimate of drug-likeness (QED) is 0.686. The maximum Gasteiger partial charge on any atom is 0.154 e. The molecule has 3 rings (SSSR count). The van der Waals surface area contributed by atoms with Crippen LogP contribution in [0, 0.1) is 6.92 Å². The van der Waals surface area contributed by atoms with E-state index in [1.165, 1.54) is 6.26 Å². The van der Waals surface area contributed by atoms with Gasteiger partial charge in [0.05, 0.1) is 17.6 Å². The molecule has 6 nitrogen and oxygen atoms in total. The Balaban J connectivity index is 1.80. The summed E-state index contributed by atoms with van der Waals surface area (Å²) in [6, 6.07) is 15.0. The first-order chi connectivity index (χ1) is 12.3. The molecule has 0 aliphatic carbocycles. The van der Waals surface area contributed by atoms with Gasteiger partial charge in [-0.1, -0.05) is 30.3 Å². The van der Waals surface area contributed by atoms with Crippen LogP contribution in [0.2, 0.25) is 0 Å². The molecule has 0 amide bonds. The molecule has 0 spiro atoms. The Morgan fingerprint density at radius 1 is 1.15 bits per heavy atom. The fourth-order valence-corrected chi connectivity index (χ4v) is 3.53. The van der Waals surface area contributed by atoms with Gasteiger partial charge in [0.15, 0.2) is 9.84 Å². The van der Waals surface area contributed by atoms with Gasteiger partial charge in [0.25, 0.3) is 0 Å². The van der Waals surface area contributed by atoms with Gasteiger partial charge in [-0.2, -0.15) is 0 Å². The molecular formula is C19H22N2O4S. The molecule has 7 heteroatoms. The van der Waals surface area contributed by atoms with Crippen LogP contribution in [-0.4, -0.2) is 42.0 Å². The van der Waals surface area contributed by atoms with E-state index < -0.39 is 15.9 Å². The minimum Gasteiger partial charge on any atom is -0.491 e. The number of ether oxygens (including phenoxy) is 1. The smallest absolute Gasteiger partial charge is 0.154 e. The fraction of sp³-hybridized carbons (Fsp3) is 0.316. The maximum atomic E-state index is 11.7. The number of hydrogen-bond acceptors (Lipinski definition) is 5. The second-order valence-electron chi connectivity index (χ2n) is 6.43. The van der Waals surface area contributed by atoms with Crippen molar-refractivity contribution in [3.63, 3.8) is 0 Å². The molecule has 0 fully saturated rings. The largest absolute Gasteiger partial charge is 0.491 e. The molecule has 1 unspecified atom stereocenters. The van der Waals surface area contributed by atoms with E-state index in [0.717, 1.165) is 16.8 Å². The first kappa shape index (κ1) is 18.4. The van der Waals surface area contributed by atoms with Crippen LogP contribution in [0.3, 0.4) is 0 Å². The third-order valence-electron chi connectivity index (χ3n) is 4.04. The number of para-hydroxylation sites is 3. The van der Waals surface area contributed by atoms with Gasteiger partial charge < -0.3 is 14.4 Å². The molecule has 1 N–H and O–H groups in total. The average molecular weight is 374 g/mol. The highest BCUT2D eigenvalue weighted by atomic mass is 32.2. The number of fused-ring (bicyclic) bond motifs is 1. The standard InChI is InChI=1S/C19H22N2O4S/c1-14-7-3-6-10-18(14)25-12-15(22)11-21-17-9-5-4-8-16(17)20-19(21)13-26(2,23)24/h3-10,15,22H,11-13H2,1-2H3. The van der Waals surface area contributed by atoms with Gasteiger partial charge in [0.1, 0.15) is 30.0 Å². The first-order valence-corrected chi connectivity index (χ1v) is 10.4. The Kier molecular flexibility index (Phi) is 5.29. The van der Waals surface area contributed by atoms with E-state index in [9.17, 15) is 13.5 Å². The molecule has 0 radical (unpaired) electrons. The monoisotopic (exact) mass is 374 g/mol. The first-order valence-electron chi connectivity index (χ1n) is 8.32. The summed E-state index contributed by atoms with van der Waals surface area (Å²) in [7, 11) is -3.24. The van der Waals surface area contributed by atoms with E-state index in [4.69, 9.17) is 4.74 Å². The predicted octanol–water partition coefficient (Wildman–Crippen LogP) is 2.33. The van der Waals surface area contributed by atoms with Gasteiger partial charge in [-0.15, -0.1) is 0 Å². The van der Waals surface area contributed by atoms with Crippen LogP contribution in [0.5, 0.6) is 5.75 Å². The normalized spacial score (nSPS) is 13.0. The number of imidazole rings is 1. The zero-order chi connectivity index (χ0) is 18.7. The van der Waals surface area contributed by atoms with Crippen LogP contribution in [0.25, 0.3) is 11.0 Å². The van der Waals surface area contributed by atoms with Crippen LogP contribution in [0.4, 0.5) is 0 Å². The topological polar surface area (TPSA) is 81.4 Å². The molecule has 2 aromatic carbocycles. The van der Waals surface area contributed by atoms with E-state index >= 15 is 0 Å². The van der Waals surface area contributed by atoms with E-state index in [-0.39, 0.29) is 18.9 Å². The van der Waals surface area contributed by atoms with Crippen molar-refractivity contribution in [2.75, 3.05) is 12.9 Å². The summed E-state index contributed by atoms with van der Waals surface area (Å²) in [5.74, 6) is 0.967. The van der Waals surface area contributed by atoms with Crippen LogP contribution >= 0.6 is 0 Å². The molecule has 1 heterocycles. The molecule has 0 bridgehead atoms. The number of aliphatic hydroxyl groups excluding tert-OH is 1. The number of nitrogens with zero attached hydrogens (tertiary/aromatic N) is 2. The number of aryl methyl sites for hydroxylation is 1. The van der Waals surface area contributed by atoms with Crippen molar-refractivity contribution in [1.29, 1.82) is 0 Å². The highest BCUT2D eigenvalue weighted by Gasteiger charge is 2.18. The number of sulfone groups is 1. The molecule has 1 aromatic heterocycles. The van der Waals surface area contributed by atoms with Gasteiger partial charge in [-0.25, -0.2) is 13.4 Å². The summed E-state index contributed by atoms with van der Waals surface area (Å²) in [6.07, 6.45) is 0.375. The van der Waals surface area contributed by atoms with Crippen molar-refractivity contribution >= 4 is 20.9 Å². The summed E-state index contributed by atoms with van der Waals surface area (Å²) in [4.78, 5) is 4.42. The average Bonchev–Trinajstić information content (AvgIpc) is 2.90. The Labute approximate surface area is 153 Å². The predicted molar refractivity (Wildman–Crippen MR) is 101 cm³/mol. The minimum absolute atomic E-state index is 0.107. The van der Waals surface area contributed by atoms with E-state index in [1.54, 1.807) is 4.57 Å². The zero-order valence-corrected chi connectivity index (χ0v) is 15.6. The lowest BCUT2D eigenvalue weighted by Crippen LogP contribution is -2.25. The van der Waals surface area contributed by atoms with Crippen molar-refractivity contribution in [3.05, 3.63) is 59.9 Å². The van der Waals surface area contributed by atoms with Crippen molar-refractivity contribution in [1.82, 2.24) is 9.55 Å². The molecule has 3 aromatic rings. The summed E-state index contributed by atoms with van der Waals surface area (Å²) in [5.41, 5.74) is 2.49. The number of rotatable bonds is 7. The van der Waals surface area contributed by atoms with Crippen LogP contribution < -0.4 is 4.74 Å². The summed E-state index contributed by atoms with van der Waals surface area (Å²) in [6.45, 7) is 2.25. The van der Waals surface area contributed by atoms with Crippen molar-refractivity contribution < 1.29 is 18.3 Å². The number of benzene rings is 2. The molecule has 0 aliphatic heterocycles. The molecule has 0 saturated heterocycles. The highest BCUT2D eigenvalue weighted by molar-refractivity contribution is 7.89. The molecule has 0 aliphatic rings. The van der Waals surface area contributed by atoms with Crippen LogP contribution in [0.1, 0.15) is 11.4 Å². The summed E-state index contributed by atoms with van der Waals surface area (Å²) in [5, 5.41) is 10.4. The lowest BCUT2D eigenvalue weighted by Gasteiger charge is -2.16. The second kappa shape index (κ2) is 7.47. The highest BCUT2D eigenvalue weighted by Crippen LogP contribution is 2.19. The lowest BCUT2D eigenvalue weighted by atomic mass is 10.2. The number of hydrogen-bond donors (Lipinski definition) is 1. The molecule has 26 heavy (non-hydrogen) atoms. The molecular weight excluding hydrogens is 352 g/mol. The van der Waals surface area contributed by atoms with Crippen molar-refractivity contribution in [2.45, 2.75) is 25.3 Å². The minimum atomic E-state index is -3.24. The van der Waals surface area contributed by atoms with Crippen molar-refractivity contribution in [3.8, 4) is 5.75 Å². The van der Waals surface area contributed by atoms with Gasteiger partial charge in [0, 0.05) is 6.26 Å². The van der Waals surface area contributed by atoms with Gasteiger partial charge in [0.2, 0.25) is 0 Å². The molecule has 0 saturated carbocycles. The van der Waals surface area contributed by atoms with Crippen molar-refractivity contribution in [2.24, 2.45) is 0 Å².